The lowest BCUT2D eigenvalue weighted by Gasteiger charge is -2.37. The molecular formula is C14H19F2N. The molecule has 1 aromatic rings. The number of halogens is 2. The Morgan fingerprint density at radius 3 is 2.12 bits per heavy atom. The molecule has 94 valence electrons. The molecule has 1 aliphatic carbocycles. The Labute approximate surface area is 101 Å². The molecule has 0 saturated heterocycles. The van der Waals surface area contributed by atoms with Gasteiger partial charge in [-0.3, -0.25) is 0 Å². The molecule has 1 nitrogen and oxygen atoms in total. The molecule has 1 aromatic carbocycles. The van der Waals surface area contributed by atoms with Crippen LogP contribution in [0, 0.1) is 0 Å². The van der Waals surface area contributed by atoms with Crippen molar-refractivity contribution in [2.75, 3.05) is 6.54 Å². The van der Waals surface area contributed by atoms with Crippen LogP contribution in [0.3, 0.4) is 0 Å². The summed E-state index contributed by atoms with van der Waals surface area (Å²) >= 11 is 0. The number of nitrogens with two attached hydrogens (primary N) is 1. The molecule has 3 heteroatoms. The summed E-state index contributed by atoms with van der Waals surface area (Å²) in [6.45, 7) is 0.612. The van der Waals surface area contributed by atoms with Crippen molar-refractivity contribution in [3.63, 3.8) is 0 Å². The number of rotatable bonds is 3. The smallest absolute Gasteiger partial charge is 0.263 e. The lowest BCUT2D eigenvalue weighted by molar-refractivity contribution is 0.151. The first-order valence-electron chi connectivity index (χ1n) is 6.27. The summed E-state index contributed by atoms with van der Waals surface area (Å²) < 4.78 is 25.0. The molecule has 2 rings (SSSR count). The SMILES string of the molecule is NCC1(c2ccc(C(F)F)cc2)CCCCC1. The Balaban J connectivity index is 2.24. The molecule has 0 aromatic heterocycles. The van der Waals surface area contributed by atoms with Crippen molar-refractivity contribution in [3.05, 3.63) is 35.4 Å². The van der Waals surface area contributed by atoms with Crippen LogP contribution in [0.25, 0.3) is 0 Å². The molecule has 0 atom stereocenters. The van der Waals surface area contributed by atoms with E-state index >= 15 is 0 Å². The summed E-state index contributed by atoms with van der Waals surface area (Å²) in [7, 11) is 0. The number of hydrogen-bond acceptors (Lipinski definition) is 1. The van der Waals surface area contributed by atoms with E-state index < -0.39 is 6.43 Å². The zero-order valence-electron chi connectivity index (χ0n) is 9.96. The minimum absolute atomic E-state index is 0.0267. The molecule has 0 aliphatic heterocycles. The molecule has 0 heterocycles. The van der Waals surface area contributed by atoms with Crippen molar-refractivity contribution in [2.45, 2.75) is 43.9 Å². The first kappa shape index (κ1) is 12.5. The van der Waals surface area contributed by atoms with Gasteiger partial charge in [0, 0.05) is 17.5 Å². The van der Waals surface area contributed by atoms with Crippen molar-refractivity contribution in [3.8, 4) is 0 Å². The van der Waals surface area contributed by atoms with Crippen molar-refractivity contribution in [1.29, 1.82) is 0 Å². The van der Waals surface area contributed by atoms with Gasteiger partial charge in [0.25, 0.3) is 6.43 Å². The van der Waals surface area contributed by atoms with Crippen LogP contribution in [0.5, 0.6) is 0 Å². The quantitative estimate of drug-likeness (QED) is 0.853. The van der Waals surface area contributed by atoms with E-state index in [2.05, 4.69) is 0 Å². The molecule has 2 N–H and O–H groups in total. The van der Waals surface area contributed by atoms with E-state index in [9.17, 15) is 8.78 Å². The fourth-order valence-electron chi connectivity index (χ4n) is 2.82. The van der Waals surface area contributed by atoms with Gasteiger partial charge < -0.3 is 5.73 Å². The first-order valence-corrected chi connectivity index (χ1v) is 6.27. The summed E-state index contributed by atoms with van der Waals surface area (Å²) in [5, 5.41) is 0. The van der Waals surface area contributed by atoms with Gasteiger partial charge >= 0.3 is 0 Å². The van der Waals surface area contributed by atoms with Crippen LogP contribution < -0.4 is 5.73 Å². The highest BCUT2D eigenvalue weighted by atomic mass is 19.3. The minimum atomic E-state index is -2.38. The van der Waals surface area contributed by atoms with Gasteiger partial charge in [0.05, 0.1) is 0 Å². The fraction of sp³-hybridized carbons (Fsp3) is 0.571. The zero-order valence-corrected chi connectivity index (χ0v) is 9.96. The molecule has 1 aliphatic rings. The highest BCUT2D eigenvalue weighted by molar-refractivity contribution is 5.30. The molecule has 0 amide bonds. The lowest BCUT2D eigenvalue weighted by atomic mass is 9.69. The molecule has 1 saturated carbocycles. The van der Waals surface area contributed by atoms with Crippen LogP contribution in [0.2, 0.25) is 0 Å². The number of alkyl halides is 2. The Morgan fingerprint density at radius 1 is 1.06 bits per heavy atom. The van der Waals surface area contributed by atoms with E-state index in [1.807, 2.05) is 12.1 Å². The van der Waals surface area contributed by atoms with Crippen molar-refractivity contribution in [2.24, 2.45) is 5.73 Å². The van der Waals surface area contributed by atoms with E-state index in [0.29, 0.717) is 6.54 Å². The summed E-state index contributed by atoms with van der Waals surface area (Å²) in [5.74, 6) is 0. The fourth-order valence-corrected chi connectivity index (χ4v) is 2.82. The predicted molar refractivity (Wildman–Crippen MR) is 65.2 cm³/mol. The van der Waals surface area contributed by atoms with Crippen LogP contribution in [0.15, 0.2) is 24.3 Å². The van der Waals surface area contributed by atoms with Gasteiger partial charge in [-0.15, -0.1) is 0 Å². The van der Waals surface area contributed by atoms with Gasteiger partial charge in [0.2, 0.25) is 0 Å². The molecule has 17 heavy (non-hydrogen) atoms. The second kappa shape index (κ2) is 5.13. The average molecular weight is 239 g/mol. The van der Waals surface area contributed by atoms with Gasteiger partial charge in [-0.25, -0.2) is 8.78 Å². The van der Waals surface area contributed by atoms with Crippen molar-refractivity contribution < 1.29 is 8.78 Å². The molecule has 0 bridgehead atoms. The molecular weight excluding hydrogens is 220 g/mol. The molecule has 1 fully saturated rings. The first-order chi connectivity index (χ1) is 8.18. The van der Waals surface area contributed by atoms with Gasteiger partial charge in [0.15, 0.2) is 0 Å². The minimum Gasteiger partial charge on any atom is -0.330 e. The standard InChI is InChI=1S/C14H19F2N/c15-13(16)11-4-6-12(7-5-11)14(10-17)8-2-1-3-9-14/h4-7,13H,1-3,8-10,17H2. The van der Waals surface area contributed by atoms with Crippen LogP contribution in [0.1, 0.15) is 49.7 Å². The summed E-state index contributed by atoms with van der Waals surface area (Å²) in [4.78, 5) is 0. The van der Waals surface area contributed by atoms with Crippen LogP contribution in [-0.2, 0) is 5.41 Å². The summed E-state index contributed by atoms with van der Waals surface area (Å²) in [6, 6.07) is 6.73. The van der Waals surface area contributed by atoms with E-state index in [0.717, 1.165) is 18.4 Å². The number of benzene rings is 1. The predicted octanol–water partition coefficient (Wildman–Crippen LogP) is 3.78. The van der Waals surface area contributed by atoms with Gasteiger partial charge in [-0.2, -0.15) is 0 Å². The third-order valence-electron chi connectivity index (χ3n) is 3.98. The Morgan fingerprint density at radius 2 is 1.65 bits per heavy atom. The highest BCUT2D eigenvalue weighted by Crippen LogP contribution is 2.39. The van der Waals surface area contributed by atoms with E-state index in [4.69, 9.17) is 5.73 Å². The van der Waals surface area contributed by atoms with E-state index in [1.54, 1.807) is 0 Å². The molecule has 0 unspecified atom stereocenters. The van der Waals surface area contributed by atoms with Gasteiger partial charge in [-0.1, -0.05) is 43.5 Å². The normalized spacial score (nSPS) is 19.5. The van der Waals surface area contributed by atoms with Crippen molar-refractivity contribution in [1.82, 2.24) is 0 Å². The average Bonchev–Trinajstić information content (AvgIpc) is 2.39. The lowest BCUT2D eigenvalue weighted by Crippen LogP contribution is -2.37. The monoisotopic (exact) mass is 239 g/mol. The van der Waals surface area contributed by atoms with Crippen LogP contribution in [-0.4, -0.2) is 6.54 Å². The van der Waals surface area contributed by atoms with Gasteiger partial charge in [-0.05, 0) is 18.4 Å². The zero-order chi connectivity index (χ0) is 12.3. The van der Waals surface area contributed by atoms with Crippen LogP contribution >= 0.6 is 0 Å². The van der Waals surface area contributed by atoms with Crippen LogP contribution in [0.4, 0.5) is 8.78 Å². The second-order valence-corrected chi connectivity index (χ2v) is 4.97. The maximum atomic E-state index is 12.5. The van der Waals surface area contributed by atoms with E-state index in [-0.39, 0.29) is 11.0 Å². The molecule has 0 spiro atoms. The Kier molecular flexibility index (Phi) is 3.77. The third kappa shape index (κ3) is 2.49. The number of hydrogen-bond donors (Lipinski definition) is 1. The maximum absolute atomic E-state index is 12.5. The second-order valence-electron chi connectivity index (χ2n) is 4.97. The maximum Gasteiger partial charge on any atom is 0.263 e. The molecule has 0 radical (unpaired) electrons. The van der Waals surface area contributed by atoms with E-state index in [1.165, 1.54) is 31.4 Å². The largest absolute Gasteiger partial charge is 0.330 e. The summed E-state index contributed by atoms with van der Waals surface area (Å²) in [6.07, 6.45) is 3.41. The Hall–Kier alpha value is -0.960. The highest BCUT2D eigenvalue weighted by Gasteiger charge is 2.32. The third-order valence-corrected chi connectivity index (χ3v) is 3.98. The summed E-state index contributed by atoms with van der Waals surface area (Å²) in [5.41, 5.74) is 7.17. The topological polar surface area (TPSA) is 26.0 Å². The van der Waals surface area contributed by atoms with Crippen molar-refractivity contribution >= 4 is 0 Å². The Bertz CT molecular complexity index is 353. The van der Waals surface area contributed by atoms with Gasteiger partial charge in [0.1, 0.15) is 0 Å².